The molecule has 1 aliphatic rings. The van der Waals surface area contributed by atoms with Gasteiger partial charge in [0.2, 0.25) is 5.89 Å². The van der Waals surface area contributed by atoms with E-state index >= 15 is 0 Å². The normalized spacial score (nSPS) is 16.0. The summed E-state index contributed by atoms with van der Waals surface area (Å²) < 4.78 is 7.52. The van der Waals surface area contributed by atoms with Crippen molar-refractivity contribution in [1.82, 2.24) is 29.8 Å². The van der Waals surface area contributed by atoms with Crippen LogP contribution in [0.15, 0.2) is 10.9 Å². The van der Waals surface area contributed by atoms with Crippen LogP contribution in [0.1, 0.15) is 62.5 Å². The SMILES string of the molecule is CCCn1cnnc1CN(C)Cc1noc(C2CCCC2)n1. The van der Waals surface area contributed by atoms with Crippen LogP contribution in [0.25, 0.3) is 0 Å². The molecule has 0 bridgehead atoms. The van der Waals surface area contributed by atoms with Gasteiger partial charge in [0.15, 0.2) is 5.82 Å². The van der Waals surface area contributed by atoms with Crippen molar-refractivity contribution in [2.45, 2.75) is 64.6 Å². The van der Waals surface area contributed by atoms with Gasteiger partial charge in [0.05, 0.1) is 13.1 Å². The minimum atomic E-state index is 0.471. The molecule has 7 heteroatoms. The summed E-state index contributed by atoms with van der Waals surface area (Å²) in [5.74, 6) is 3.02. The zero-order chi connectivity index (χ0) is 15.4. The predicted octanol–water partition coefficient (Wildman–Crippen LogP) is 2.36. The zero-order valence-electron chi connectivity index (χ0n) is 13.4. The van der Waals surface area contributed by atoms with Gasteiger partial charge in [-0.2, -0.15) is 4.98 Å². The van der Waals surface area contributed by atoms with Gasteiger partial charge in [0.25, 0.3) is 0 Å². The van der Waals surface area contributed by atoms with Crippen LogP contribution in [0.2, 0.25) is 0 Å². The summed E-state index contributed by atoms with van der Waals surface area (Å²) in [6.45, 7) is 4.49. The molecule has 0 radical (unpaired) electrons. The number of aryl methyl sites for hydroxylation is 1. The molecule has 0 saturated heterocycles. The Morgan fingerprint density at radius 1 is 1.32 bits per heavy atom. The minimum absolute atomic E-state index is 0.471. The fourth-order valence-corrected chi connectivity index (χ4v) is 3.04. The van der Waals surface area contributed by atoms with Crippen LogP contribution in [-0.2, 0) is 19.6 Å². The molecule has 2 aromatic heterocycles. The van der Waals surface area contributed by atoms with Gasteiger partial charge in [0.1, 0.15) is 12.2 Å². The third kappa shape index (κ3) is 3.52. The summed E-state index contributed by atoms with van der Waals surface area (Å²) in [5, 5.41) is 12.3. The van der Waals surface area contributed by atoms with E-state index in [0.29, 0.717) is 12.5 Å². The van der Waals surface area contributed by atoms with Gasteiger partial charge in [-0.1, -0.05) is 24.9 Å². The van der Waals surface area contributed by atoms with Crippen LogP contribution in [0, 0.1) is 0 Å². The summed E-state index contributed by atoms with van der Waals surface area (Å²) in [6, 6.07) is 0. The molecule has 1 aliphatic carbocycles. The minimum Gasteiger partial charge on any atom is -0.339 e. The summed E-state index contributed by atoms with van der Waals surface area (Å²) in [6.07, 6.45) is 7.77. The Morgan fingerprint density at radius 3 is 2.91 bits per heavy atom. The van der Waals surface area contributed by atoms with Gasteiger partial charge in [-0.05, 0) is 26.3 Å². The third-order valence-corrected chi connectivity index (χ3v) is 4.17. The van der Waals surface area contributed by atoms with Crippen LogP contribution in [0.5, 0.6) is 0 Å². The largest absolute Gasteiger partial charge is 0.339 e. The van der Waals surface area contributed by atoms with Crippen molar-refractivity contribution in [3.63, 3.8) is 0 Å². The molecule has 3 rings (SSSR count). The fraction of sp³-hybridized carbons (Fsp3) is 0.733. The standard InChI is InChI=1S/C15H24N6O/c1-3-8-21-11-16-18-14(21)10-20(2)9-13-17-15(22-19-13)12-6-4-5-7-12/h11-12H,3-10H2,1-2H3. The topological polar surface area (TPSA) is 72.9 Å². The highest BCUT2D eigenvalue weighted by molar-refractivity contribution is 4.96. The Bertz CT molecular complexity index is 586. The summed E-state index contributed by atoms with van der Waals surface area (Å²) in [4.78, 5) is 6.70. The maximum Gasteiger partial charge on any atom is 0.229 e. The Balaban J connectivity index is 1.57. The van der Waals surface area contributed by atoms with Gasteiger partial charge in [-0.15, -0.1) is 10.2 Å². The van der Waals surface area contributed by atoms with Gasteiger partial charge >= 0.3 is 0 Å². The van der Waals surface area contributed by atoms with Crippen LogP contribution in [0.3, 0.4) is 0 Å². The molecule has 0 amide bonds. The number of hydrogen-bond acceptors (Lipinski definition) is 6. The van der Waals surface area contributed by atoms with E-state index in [-0.39, 0.29) is 0 Å². The summed E-state index contributed by atoms with van der Waals surface area (Å²) in [7, 11) is 2.04. The molecule has 0 N–H and O–H groups in total. The quantitative estimate of drug-likeness (QED) is 0.782. The molecule has 2 aromatic rings. The lowest BCUT2D eigenvalue weighted by atomic mass is 10.1. The third-order valence-electron chi connectivity index (χ3n) is 4.17. The van der Waals surface area contributed by atoms with Gasteiger partial charge in [-0.25, -0.2) is 0 Å². The first kappa shape index (κ1) is 15.1. The van der Waals surface area contributed by atoms with Crippen molar-refractivity contribution in [1.29, 1.82) is 0 Å². The summed E-state index contributed by atoms with van der Waals surface area (Å²) in [5.41, 5.74) is 0. The maximum atomic E-state index is 5.43. The molecule has 1 saturated carbocycles. The molecule has 0 aliphatic heterocycles. The molecule has 1 fully saturated rings. The lowest BCUT2D eigenvalue weighted by molar-refractivity contribution is 0.287. The predicted molar refractivity (Wildman–Crippen MR) is 81.0 cm³/mol. The Morgan fingerprint density at radius 2 is 2.14 bits per heavy atom. The number of hydrogen-bond donors (Lipinski definition) is 0. The highest BCUT2D eigenvalue weighted by Gasteiger charge is 2.23. The monoisotopic (exact) mass is 304 g/mol. The molecular formula is C15H24N6O. The van der Waals surface area contributed by atoms with E-state index in [1.807, 2.05) is 7.05 Å². The second-order valence-corrected chi connectivity index (χ2v) is 6.14. The van der Waals surface area contributed by atoms with Crippen LogP contribution in [-0.4, -0.2) is 36.9 Å². The van der Waals surface area contributed by atoms with E-state index in [4.69, 9.17) is 4.52 Å². The molecule has 0 unspecified atom stereocenters. The second kappa shape index (κ2) is 7.00. The lowest BCUT2D eigenvalue weighted by Gasteiger charge is -2.14. The molecular weight excluding hydrogens is 280 g/mol. The van der Waals surface area contributed by atoms with Crippen molar-refractivity contribution in [3.05, 3.63) is 23.9 Å². The van der Waals surface area contributed by atoms with Crippen LogP contribution < -0.4 is 0 Å². The average Bonchev–Trinajstić information content (AvgIpc) is 3.21. The first-order valence-corrected chi connectivity index (χ1v) is 8.14. The van der Waals surface area contributed by atoms with Gasteiger partial charge in [0, 0.05) is 12.5 Å². The van der Waals surface area contributed by atoms with E-state index in [1.54, 1.807) is 6.33 Å². The van der Waals surface area contributed by atoms with Crippen molar-refractivity contribution in [3.8, 4) is 0 Å². The Labute approximate surface area is 130 Å². The van der Waals surface area contributed by atoms with E-state index in [9.17, 15) is 0 Å². The van der Waals surface area contributed by atoms with E-state index in [1.165, 1.54) is 25.7 Å². The van der Waals surface area contributed by atoms with Crippen molar-refractivity contribution in [2.24, 2.45) is 0 Å². The molecule has 120 valence electrons. The molecule has 2 heterocycles. The number of nitrogens with zero attached hydrogens (tertiary/aromatic N) is 6. The van der Waals surface area contributed by atoms with Crippen LogP contribution >= 0.6 is 0 Å². The van der Waals surface area contributed by atoms with E-state index in [0.717, 1.165) is 37.0 Å². The van der Waals surface area contributed by atoms with Crippen molar-refractivity contribution < 1.29 is 4.52 Å². The first-order valence-electron chi connectivity index (χ1n) is 8.14. The van der Waals surface area contributed by atoms with E-state index < -0.39 is 0 Å². The van der Waals surface area contributed by atoms with Gasteiger partial charge in [-0.3, -0.25) is 4.90 Å². The highest BCUT2D eigenvalue weighted by atomic mass is 16.5. The van der Waals surface area contributed by atoms with Crippen molar-refractivity contribution >= 4 is 0 Å². The smallest absolute Gasteiger partial charge is 0.229 e. The molecule has 7 nitrogen and oxygen atoms in total. The first-order chi connectivity index (χ1) is 10.8. The fourth-order valence-electron chi connectivity index (χ4n) is 3.04. The zero-order valence-corrected chi connectivity index (χ0v) is 13.4. The molecule has 0 aromatic carbocycles. The van der Waals surface area contributed by atoms with E-state index in [2.05, 4.69) is 36.7 Å². The summed E-state index contributed by atoms with van der Waals surface area (Å²) >= 11 is 0. The lowest BCUT2D eigenvalue weighted by Crippen LogP contribution is -2.21. The number of rotatable bonds is 7. The molecule has 0 spiro atoms. The molecule has 22 heavy (non-hydrogen) atoms. The number of aromatic nitrogens is 5. The van der Waals surface area contributed by atoms with Crippen LogP contribution in [0.4, 0.5) is 0 Å². The van der Waals surface area contributed by atoms with Crippen molar-refractivity contribution in [2.75, 3.05) is 7.05 Å². The highest BCUT2D eigenvalue weighted by Crippen LogP contribution is 2.32. The molecule has 0 atom stereocenters. The average molecular weight is 304 g/mol. The maximum absolute atomic E-state index is 5.43. The second-order valence-electron chi connectivity index (χ2n) is 6.14. The Hall–Kier alpha value is -1.76. The van der Waals surface area contributed by atoms with Gasteiger partial charge < -0.3 is 9.09 Å². The Kier molecular flexibility index (Phi) is 4.82.